The molecule has 1 saturated carbocycles. The maximum atomic E-state index is 13.1. The third kappa shape index (κ3) is 5.60. The molecule has 0 spiro atoms. The van der Waals surface area contributed by atoms with Crippen LogP contribution in [0, 0.1) is 5.82 Å². The highest BCUT2D eigenvalue weighted by Gasteiger charge is 2.23. The van der Waals surface area contributed by atoms with E-state index in [1.54, 1.807) is 0 Å². The molecule has 8 heteroatoms. The summed E-state index contributed by atoms with van der Waals surface area (Å²) in [5.41, 5.74) is 0.444. The number of hydrogen-bond acceptors (Lipinski definition) is 5. The minimum absolute atomic E-state index is 0.00890. The van der Waals surface area contributed by atoms with Crippen molar-refractivity contribution in [3.63, 3.8) is 0 Å². The van der Waals surface area contributed by atoms with Crippen LogP contribution >= 0.6 is 0 Å². The number of aliphatic hydroxyl groups is 1. The summed E-state index contributed by atoms with van der Waals surface area (Å²) in [5, 5.41) is 13.3. The van der Waals surface area contributed by atoms with Crippen LogP contribution in [0.25, 0.3) is 0 Å². The van der Waals surface area contributed by atoms with E-state index in [4.69, 9.17) is 0 Å². The number of nitrogens with zero attached hydrogens (tertiary/aromatic N) is 1. The fourth-order valence-electron chi connectivity index (χ4n) is 2.72. The Morgan fingerprint density at radius 1 is 1.32 bits per heavy atom. The average Bonchev–Trinajstić information content (AvgIpc) is 2.44. The highest BCUT2D eigenvalue weighted by atomic mass is 32.2. The third-order valence-corrected chi connectivity index (χ3v) is 4.58. The van der Waals surface area contributed by atoms with Crippen molar-refractivity contribution in [3.8, 4) is 0 Å². The van der Waals surface area contributed by atoms with Gasteiger partial charge in [0.15, 0.2) is 0 Å². The van der Waals surface area contributed by atoms with Gasteiger partial charge in [0.1, 0.15) is 5.82 Å². The molecule has 6 nitrogen and oxygen atoms in total. The number of rotatable bonds is 6. The maximum Gasteiger partial charge on any atom is 0.208 e. The van der Waals surface area contributed by atoms with Crippen molar-refractivity contribution in [3.05, 3.63) is 29.8 Å². The molecule has 3 N–H and O–H groups in total. The molecule has 1 atom stereocenters. The van der Waals surface area contributed by atoms with Gasteiger partial charge in [0, 0.05) is 30.4 Å². The topological polar surface area (TPSA) is 91.3 Å². The number of hydrogen-bond donors (Lipinski definition) is 3. The summed E-state index contributed by atoms with van der Waals surface area (Å²) in [4.78, 5) is 3.72. The molecule has 1 aromatic rings. The van der Waals surface area contributed by atoms with Crippen LogP contribution in [0.5, 0.6) is 0 Å². The van der Waals surface area contributed by atoms with E-state index < -0.39 is 21.9 Å². The van der Waals surface area contributed by atoms with Crippen LogP contribution in [0.3, 0.4) is 0 Å². The molecule has 0 aromatic carbocycles. The van der Waals surface area contributed by atoms with Crippen molar-refractivity contribution in [1.82, 2.24) is 15.0 Å². The Balaban J connectivity index is 1.75. The first-order valence-corrected chi connectivity index (χ1v) is 9.22. The Kier molecular flexibility index (Phi) is 5.85. The van der Waals surface area contributed by atoms with Gasteiger partial charge >= 0.3 is 0 Å². The van der Waals surface area contributed by atoms with Gasteiger partial charge < -0.3 is 10.4 Å². The first-order valence-electron chi connectivity index (χ1n) is 7.32. The lowest BCUT2D eigenvalue weighted by Gasteiger charge is -2.29. The lowest BCUT2D eigenvalue weighted by molar-refractivity contribution is 0.163. The van der Waals surface area contributed by atoms with Crippen LogP contribution in [-0.2, 0) is 10.0 Å². The number of halogens is 1. The molecule has 2 rings (SSSR count). The molecule has 1 aromatic heterocycles. The van der Waals surface area contributed by atoms with Gasteiger partial charge in [-0.15, -0.1) is 0 Å². The summed E-state index contributed by atoms with van der Waals surface area (Å²) < 4.78 is 38.0. The molecule has 1 heterocycles. The van der Waals surface area contributed by atoms with E-state index in [9.17, 15) is 17.9 Å². The van der Waals surface area contributed by atoms with Crippen molar-refractivity contribution >= 4 is 10.0 Å². The Bertz CT molecular complexity index is 589. The Hall–Kier alpha value is -1.09. The van der Waals surface area contributed by atoms with Gasteiger partial charge in [0.2, 0.25) is 10.0 Å². The van der Waals surface area contributed by atoms with Crippen molar-refractivity contribution in [2.24, 2.45) is 0 Å². The normalized spacial score (nSPS) is 24.1. The summed E-state index contributed by atoms with van der Waals surface area (Å²) >= 11 is 0. The van der Waals surface area contributed by atoms with E-state index in [1.165, 1.54) is 18.5 Å². The predicted molar refractivity (Wildman–Crippen MR) is 81.2 cm³/mol. The predicted octanol–water partition coefficient (Wildman–Crippen LogP) is 0.704. The summed E-state index contributed by atoms with van der Waals surface area (Å²) in [5.74, 6) is -0.469. The molecule has 0 saturated heterocycles. The first-order chi connectivity index (χ1) is 10.3. The average molecular weight is 331 g/mol. The van der Waals surface area contributed by atoms with E-state index in [0.29, 0.717) is 12.1 Å². The molecular weight excluding hydrogens is 309 g/mol. The third-order valence-electron chi connectivity index (χ3n) is 3.82. The number of pyridine rings is 1. The second-order valence-corrected chi connectivity index (χ2v) is 7.58. The molecule has 0 radical (unpaired) electrons. The van der Waals surface area contributed by atoms with Gasteiger partial charge in [-0.05, 0) is 31.7 Å². The lowest BCUT2D eigenvalue weighted by Crippen LogP contribution is -2.42. The van der Waals surface area contributed by atoms with Crippen molar-refractivity contribution in [2.75, 3.05) is 12.8 Å². The zero-order valence-electron chi connectivity index (χ0n) is 12.5. The molecular formula is C14H22FN3O3S. The lowest BCUT2D eigenvalue weighted by atomic mass is 9.91. The maximum absolute atomic E-state index is 13.1. The van der Waals surface area contributed by atoms with Gasteiger partial charge in [0.25, 0.3) is 0 Å². The second kappa shape index (κ2) is 7.45. The summed E-state index contributed by atoms with van der Waals surface area (Å²) in [6.45, 7) is 0.319. The monoisotopic (exact) mass is 331 g/mol. The summed E-state index contributed by atoms with van der Waals surface area (Å²) in [6.07, 6.45) is 6.10. The second-order valence-electron chi connectivity index (χ2n) is 5.80. The molecule has 0 aliphatic heterocycles. The zero-order chi connectivity index (χ0) is 16.2. The van der Waals surface area contributed by atoms with E-state index in [-0.39, 0.29) is 12.1 Å². The fourth-order valence-corrected chi connectivity index (χ4v) is 3.57. The zero-order valence-corrected chi connectivity index (χ0v) is 13.3. The molecule has 22 heavy (non-hydrogen) atoms. The molecule has 124 valence electrons. The largest absolute Gasteiger partial charge is 0.387 e. The fraction of sp³-hybridized carbons (Fsp3) is 0.643. The van der Waals surface area contributed by atoms with Gasteiger partial charge in [-0.3, -0.25) is 4.98 Å². The minimum Gasteiger partial charge on any atom is -0.387 e. The number of nitrogens with one attached hydrogen (secondary N) is 2. The van der Waals surface area contributed by atoms with Crippen LogP contribution in [0.1, 0.15) is 37.4 Å². The van der Waals surface area contributed by atoms with Crippen LogP contribution in [0.4, 0.5) is 4.39 Å². The van der Waals surface area contributed by atoms with Crippen LogP contribution < -0.4 is 10.0 Å². The smallest absolute Gasteiger partial charge is 0.208 e. The highest BCUT2D eigenvalue weighted by Crippen LogP contribution is 2.20. The van der Waals surface area contributed by atoms with Gasteiger partial charge in [-0.2, -0.15) is 0 Å². The standard InChI is InChI=1S/C14H22FN3O3S/c1-22(20,21)18-13-4-2-12(3-5-13)17-9-14(19)10-6-11(15)8-16-7-10/h6-8,12-14,17-19H,2-5,9H2,1H3/t12-,13+,14-/m0/s1. The number of aliphatic hydroxyl groups excluding tert-OH is 1. The quantitative estimate of drug-likeness (QED) is 0.714. The molecule has 1 aliphatic carbocycles. The van der Waals surface area contributed by atoms with Crippen molar-refractivity contribution in [2.45, 2.75) is 43.9 Å². The van der Waals surface area contributed by atoms with E-state index >= 15 is 0 Å². The SMILES string of the molecule is CS(=O)(=O)N[C@H]1CC[C@@H](NC[C@H](O)c2cncc(F)c2)CC1. The highest BCUT2D eigenvalue weighted by molar-refractivity contribution is 7.88. The summed E-state index contributed by atoms with van der Waals surface area (Å²) in [7, 11) is -3.16. The summed E-state index contributed by atoms with van der Waals surface area (Å²) in [6, 6.07) is 1.49. The van der Waals surface area contributed by atoms with E-state index in [1.807, 2.05) is 0 Å². The van der Waals surface area contributed by atoms with Crippen LogP contribution in [0.2, 0.25) is 0 Å². The molecule has 0 unspecified atom stereocenters. The van der Waals surface area contributed by atoms with Crippen molar-refractivity contribution < 1.29 is 17.9 Å². The molecule has 1 fully saturated rings. The Morgan fingerprint density at radius 2 is 1.95 bits per heavy atom. The first kappa shape index (κ1) is 17.3. The van der Waals surface area contributed by atoms with E-state index in [2.05, 4.69) is 15.0 Å². The number of sulfonamides is 1. The van der Waals surface area contributed by atoms with Crippen LogP contribution in [0.15, 0.2) is 18.5 Å². The molecule has 1 aliphatic rings. The Labute approximate surface area is 130 Å². The van der Waals surface area contributed by atoms with E-state index in [0.717, 1.165) is 31.9 Å². The van der Waals surface area contributed by atoms with Crippen molar-refractivity contribution in [1.29, 1.82) is 0 Å². The van der Waals surface area contributed by atoms with Gasteiger partial charge in [0.05, 0.1) is 18.6 Å². The minimum atomic E-state index is -3.16. The van der Waals surface area contributed by atoms with Gasteiger partial charge in [-0.1, -0.05) is 0 Å². The molecule has 0 amide bonds. The molecule has 0 bridgehead atoms. The van der Waals surface area contributed by atoms with Crippen LogP contribution in [-0.4, -0.2) is 43.4 Å². The van der Waals surface area contributed by atoms with Gasteiger partial charge in [-0.25, -0.2) is 17.5 Å². The Morgan fingerprint density at radius 3 is 2.55 bits per heavy atom. The number of aromatic nitrogens is 1.